The summed E-state index contributed by atoms with van der Waals surface area (Å²) in [6.45, 7) is 0.727. The first-order chi connectivity index (χ1) is 10.7. The lowest BCUT2D eigenvalue weighted by Crippen LogP contribution is -2.16. The molecule has 3 aromatic rings. The number of rotatable bonds is 2. The first-order valence-electron chi connectivity index (χ1n) is 7.13. The second kappa shape index (κ2) is 4.80. The van der Waals surface area contributed by atoms with E-state index in [-0.39, 0.29) is 0 Å². The Morgan fingerprint density at radius 2 is 2.09 bits per heavy atom. The van der Waals surface area contributed by atoms with Gasteiger partial charge in [0, 0.05) is 35.4 Å². The zero-order valence-corrected chi connectivity index (χ0v) is 11.8. The van der Waals surface area contributed by atoms with Gasteiger partial charge in [0.1, 0.15) is 0 Å². The normalized spacial score (nSPS) is 13.7. The molecule has 0 spiro atoms. The highest BCUT2D eigenvalue weighted by Crippen LogP contribution is 2.28. The van der Waals surface area contributed by atoms with E-state index in [2.05, 4.69) is 27.1 Å². The number of nitrogens with zero attached hydrogens (tertiary/aromatic N) is 2. The number of aromatic nitrogens is 2. The zero-order valence-electron chi connectivity index (χ0n) is 11.8. The topological polar surface area (TPSA) is 84.1 Å². The molecule has 22 heavy (non-hydrogen) atoms. The number of nitrogens with one attached hydrogen (secondary N) is 1. The lowest BCUT2D eigenvalue weighted by molar-refractivity contribution is 0.1000. The Bertz CT molecular complexity index is 923. The number of para-hydroxylation sites is 1. The van der Waals surface area contributed by atoms with Crippen LogP contribution in [0.15, 0.2) is 47.7 Å². The van der Waals surface area contributed by atoms with E-state index in [1.807, 2.05) is 12.1 Å². The molecule has 0 bridgehead atoms. The van der Waals surface area contributed by atoms with E-state index in [0.717, 1.165) is 35.5 Å². The standard InChI is InChI=1S/C17H14N4O/c18-17(22)11-7-10(8-19-9-11)15-16-13(5-6-20-15)12-3-1-2-4-14(12)21-16/h1-4,7-9,21H,5-6H2,(H2,18,22). The fourth-order valence-electron chi connectivity index (χ4n) is 2.96. The zero-order chi connectivity index (χ0) is 15.1. The van der Waals surface area contributed by atoms with E-state index < -0.39 is 5.91 Å². The van der Waals surface area contributed by atoms with Crippen LogP contribution in [0.5, 0.6) is 0 Å². The maximum atomic E-state index is 11.4. The van der Waals surface area contributed by atoms with E-state index in [9.17, 15) is 4.79 Å². The summed E-state index contributed by atoms with van der Waals surface area (Å²) < 4.78 is 0. The molecule has 0 saturated heterocycles. The Kier molecular flexibility index (Phi) is 2.79. The SMILES string of the molecule is NC(=O)c1cncc(C2=NCCc3c2[nH]c2ccccc32)c1. The minimum atomic E-state index is -0.484. The fourth-order valence-corrected chi connectivity index (χ4v) is 2.96. The molecule has 3 N–H and O–H groups in total. The molecule has 0 saturated carbocycles. The van der Waals surface area contributed by atoms with Crippen LogP contribution in [0.25, 0.3) is 10.9 Å². The largest absolute Gasteiger partial charge is 0.366 e. The number of aromatic amines is 1. The van der Waals surface area contributed by atoms with Gasteiger partial charge in [0.05, 0.1) is 17.0 Å². The Morgan fingerprint density at radius 1 is 1.23 bits per heavy atom. The van der Waals surface area contributed by atoms with Crippen molar-refractivity contribution in [3.05, 3.63) is 65.1 Å². The maximum absolute atomic E-state index is 11.4. The molecule has 4 rings (SSSR count). The van der Waals surface area contributed by atoms with Crippen LogP contribution in [0, 0.1) is 0 Å². The molecular weight excluding hydrogens is 276 g/mol. The molecule has 0 aliphatic carbocycles. The lowest BCUT2D eigenvalue weighted by Gasteiger charge is -2.13. The predicted octanol–water partition coefficient (Wildman–Crippen LogP) is 2.06. The molecule has 1 aliphatic rings. The van der Waals surface area contributed by atoms with Crippen molar-refractivity contribution in [2.24, 2.45) is 10.7 Å². The van der Waals surface area contributed by atoms with E-state index in [0.29, 0.717) is 5.56 Å². The summed E-state index contributed by atoms with van der Waals surface area (Å²) in [4.78, 5) is 23.5. The van der Waals surface area contributed by atoms with Crippen LogP contribution in [-0.4, -0.2) is 28.1 Å². The van der Waals surface area contributed by atoms with Gasteiger partial charge in [0.2, 0.25) is 5.91 Å². The van der Waals surface area contributed by atoms with Gasteiger partial charge in [-0.25, -0.2) is 0 Å². The smallest absolute Gasteiger partial charge is 0.250 e. The third-order valence-corrected chi connectivity index (χ3v) is 3.98. The van der Waals surface area contributed by atoms with E-state index >= 15 is 0 Å². The van der Waals surface area contributed by atoms with Crippen LogP contribution in [0.1, 0.15) is 27.2 Å². The Hall–Kier alpha value is -2.95. The van der Waals surface area contributed by atoms with Crippen molar-refractivity contribution in [2.45, 2.75) is 6.42 Å². The van der Waals surface area contributed by atoms with Crippen LogP contribution in [-0.2, 0) is 6.42 Å². The highest BCUT2D eigenvalue weighted by Gasteiger charge is 2.21. The van der Waals surface area contributed by atoms with Crippen molar-refractivity contribution >= 4 is 22.5 Å². The number of carbonyl (C=O) groups excluding carboxylic acids is 1. The average Bonchev–Trinajstić information content (AvgIpc) is 2.93. The van der Waals surface area contributed by atoms with Crippen molar-refractivity contribution in [3.63, 3.8) is 0 Å². The highest BCUT2D eigenvalue weighted by molar-refractivity contribution is 6.16. The number of H-pyrrole nitrogens is 1. The Labute approximate surface area is 126 Å². The molecule has 0 radical (unpaired) electrons. The van der Waals surface area contributed by atoms with Gasteiger partial charge in [-0.2, -0.15) is 0 Å². The number of benzene rings is 1. The van der Waals surface area contributed by atoms with Gasteiger partial charge >= 0.3 is 0 Å². The van der Waals surface area contributed by atoms with Gasteiger partial charge in [-0.15, -0.1) is 0 Å². The minimum Gasteiger partial charge on any atom is -0.366 e. The number of primary amides is 1. The molecule has 1 amide bonds. The van der Waals surface area contributed by atoms with Crippen molar-refractivity contribution < 1.29 is 4.79 Å². The number of amides is 1. The molecule has 1 aromatic carbocycles. The molecule has 108 valence electrons. The average molecular weight is 290 g/mol. The second-order valence-corrected chi connectivity index (χ2v) is 5.33. The Balaban J connectivity index is 1.90. The summed E-state index contributed by atoms with van der Waals surface area (Å²) in [5.41, 5.74) is 10.8. The molecule has 0 unspecified atom stereocenters. The molecule has 3 heterocycles. The summed E-state index contributed by atoms with van der Waals surface area (Å²) in [6, 6.07) is 9.97. The highest BCUT2D eigenvalue weighted by atomic mass is 16.1. The van der Waals surface area contributed by atoms with E-state index in [1.54, 1.807) is 12.3 Å². The van der Waals surface area contributed by atoms with Crippen LogP contribution in [0.2, 0.25) is 0 Å². The van der Waals surface area contributed by atoms with Crippen LogP contribution in [0.3, 0.4) is 0 Å². The summed E-state index contributed by atoms with van der Waals surface area (Å²) in [6.07, 6.45) is 4.10. The lowest BCUT2D eigenvalue weighted by atomic mass is 9.98. The van der Waals surface area contributed by atoms with Crippen molar-refractivity contribution in [1.82, 2.24) is 9.97 Å². The molecule has 1 aliphatic heterocycles. The molecule has 5 heteroatoms. The summed E-state index contributed by atoms with van der Waals surface area (Å²) >= 11 is 0. The summed E-state index contributed by atoms with van der Waals surface area (Å²) in [7, 11) is 0. The second-order valence-electron chi connectivity index (χ2n) is 5.33. The number of nitrogens with two attached hydrogens (primary N) is 1. The van der Waals surface area contributed by atoms with Gasteiger partial charge < -0.3 is 10.7 Å². The number of hydrogen-bond acceptors (Lipinski definition) is 3. The minimum absolute atomic E-state index is 0.392. The fraction of sp³-hybridized carbons (Fsp3) is 0.118. The summed E-state index contributed by atoms with van der Waals surface area (Å²) in [5, 5.41) is 1.23. The Morgan fingerprint density at radius 3 is 2.95 bits per heavy atom. The van der Waals surface area contributed by atoms with Crippen molar-refractivity contribution in [3.8, 4) is 0 Å². The van der Waals surface area contributed by atoms with Crippen molar-refractivity contribution in [2.75, 3.05) is 6.54 Å². The first kappa shape index (κ1) is 12.8. The summed E-state index contributed by atoms with van der Waals surface area (Å²) in [5.74, 6) is -0.484. The van der Waals surface area contributed by atoms with Crippen LogP contribution >= 0.6 is 0 Å². The van der Waals surface area contributed by atoms with Gasteiger partial charge in [-0.1, -0.05) is 18.2 Å². The maximum Gasteiger partial charge on any atom is 0.250 e. The number of pyridine rings is 1. The van der Waals surface area contributed by atoms with Crippen molar-refractivity contribution in [1.29, 1.82) is 0 Å². The first-order valence-corrected chi connectivity index (χ1v) is 7.13. The van der Waals surface area contributed by atoms with Gasteiger partial charge in [0.15, 0.2) is 0 Å². The number of carbonyl (C=O) groups is 1. The van der Waals surface area contributed by atoms with Gasteiger partial charge in [0.25, 0.3) is 0 Å². The molecule has 2 aromatic heterocycles. The molecule has 0 atom stereocenters. The molecular formula is C17H14N4O. The number of hydrogen-bond donors (Lipinski definition) is 2. The number of fused-ring (bicyclic) bond motifs is 3. The predicted molar refractivity (Wildman–Crippen MR) is 85.3 cm³/mol. The molecule has 0 fully saturated rings. The van der Waals surface area contributed by atoms with Gasteiger partial charge in [-0.3, -0.25) is 14.8 Å². The third-order valence-electron chi connectivity index (χ3n) is 3.98. The van der Waals surface area contributed by atoms with E-state index in [4.69, 9.17) is 5.73 Å². The quantitative estimate of drug-likeness (QED) is 0.757. The van der Waals surface area contributed by atoms with Gasteiger partial charge in [-0.05, 0) is 24.1 Å². The molecule has 5 nitrogen and oxygen atoms in total. The van der Waals surface area contributed by atoms with Crippen LogP contribution < -0.4 is 5.73 Å². The number of aliphatic imine (C=N–C) groups is 1. The van der Waals surface area contributed by atoms with E-state index in [1.165, 1.54) is 17.1 Å². The third kappa shape index (κ3) is 1.90. The monoisotopic (exact) mass is 290 g/mol. The van der Waals surface area contributed by atoms with Crippen LogP contribution in [0.4, 0.5) is 0 Å².